The SMILES string of the molecule is CCCN(C/C=C/c1ccccc1)C(=O)/C=C/c1ccc(OC)cc1. The fourth-order valence-corrected chi connectivity index (χ4v) is 2.43. The zero-order valence-electron chi connectivity index (χ0n) is 14.9. The number of hydrogen-bond acceptors (Lipinski definition) is 2. The number of hydrogen-bond donors (Lipinski definition) is 0. The predicted molar refractivity (Wildman–Crippen MR) is 104 cm³/mol. The third kappa shape index (κ3) is 6.30. The van der Waals surface area contributed by atoms with Crippen molar-refractivity contribution < 1.29 is 9.53 Å². The molecule has 3 nitrogen and oxygen atoms in total. The summed E-state index contributed by atoms with van der Waals surface area (Å²) in [5, 5.41) is 0. The van der Waals surface area contributed by atoms with Crippen LogP contribution in [0.3, 0.4) is 0 Å². The van der Waals surface area contributed by atoms with Gasteiger partial charge in [0.1, 0.15) is 5.75 Å². The molecular formula is C22H25NO2. The summed E-state index contributed by atoms with van der Waals surface area (Å²) in [6.07, 6.45) is 8.48. The lowest BCUT2D eigenvalue weighted by Gasteiger charge is -2.18. The zero-order valence-corrected chi connectivity index (χ0v) is 14.9. The summed E-state index contributed by atoms with van der Waals surface area (Å²) in [5.41, 5.74) is 2.12. The highest BCUT2D eigenvalue weighted by Gasteiger charge is 2.07. The summed E-state index contributed by atoms with van der Waals surface area (Å²) in [6, 6.07) is 17.7. The van der Waals surface area contributed by atoms with Crippen molar-refractivity contribution >= 4 is 18.1 Å². The fourth-order valence-electron chi connectivity index (χ4n) is 2.43. The molecule has 0 aliphatic rings. The van der Waals surface area contributed by atoms with Gasteiger partial charge in [-0.1, -0.05) is 61.5 Å². The van der Waals surface area contributed by atoms with Crippen molar-refractivity contribution in [3.05, 3.63) is 77.9 Å². The lowest BCUT2D eigenvalue weighted by molar-refractivity contribution is -0.125. The van der Waals surface area contributed by atoms with Gasteiger partial charge in [-0.25, -0.2) is 0 Å². The second-order valence-corrected chi connectivity index (χ2v) is 5.70. The number of benzene rings is 2. The quantitative estimate of drug-likeness (QED) is 0.657. The Balaban J connectivity index is 1.96. The third-order valence-corrected chi connectivity index (χ3v) is 3.78. The van der Waals surface area contributed by atoms with Crippen molar-refractivity contribution in [2.45, 2.75) is 13.3 Å². The number of nitrogens with zero attached hydrogens (tertiary/aromatic N) is 1. The van der Waals surface area contributed by atoms with Crippen LogP contribution in [0.1, 0.15) is 24.5 Å². The molecule has 0 atom stereocenters. The van der Waals surface area contributed by atoms with Gasteiger partial charge in [-0.05, 0) is 35.8 Å². The lowest BCUT2D eigenvalue weighted by Crippen LogP contribution is -2.30. The van der Waals surface area contributed by atoms with Gasteiger partial charge in [0.05, 0.1) is 7.11 Å². The molecule has 0 bridgehead atoms. The van der Waals surface area contributed by atoms with Gasteiger partial charge in [-0.3, -0.25) is 4.79 Å². The number of amides is 1. The van der Waals surface area contributed by atoms with Crippen LogP contribution in [0.4, 0.5) is 0 Å². The molecule has 2 aromatic carbocycles. The molecule has 0 aliphatic carbocycles. The van der Waals surface area contributed by atoms with Crippen LogP contribution in [0.5, 0.6) is 5.75 Å². The Bertz CT molecular complexity index is 703. The summed E-state index contributed by atoms with van der Waals surface area (Å²) in [6.45, 7) is 3.42. The normalized spacial score (nSPS) is 11.1. The van der Waals surface area contributed by atoms with E-state index in [9.17, 15) is 4.79 Å². The van der Waals surface area contributed by atoms with Crippen molar-refractivity contribution in [1.29, 1.82) is 0 Å². The number of carbonyl (C=O) groups is 1. The van der Waals surface area contributed by atoms with E-state index < -0.39 is 0 Å². The van der Waals surface area contributed by atoms with E-state index in [-0.39, 0.29) is 5.91 Å². The minimum Gasteiger partial charge on any atom is -0.497 e. The molecule has 1 amide bonds. The van der Waals surface area contributed by atoms with Crippen LogP contribution >= 0.6 is 0 Å². The standard InChI is InChI=1S/C22H25NO2/c1-3-17-23(18-7-10-19-8-5-4-6-9-19)22(24)16-13-20-11-14-21(25-2)15-12-20/h4-16H,3,17-18H2,1-2H3/b10-7+,16-13+. The van der Waals surface area contributed by atoms with Crippen LogP contribution < -0.4 is 4.74 Å². The maximum absolute atomic E-state index is 12.5. The largest absolute Gasteiger partial charge is 0.497 e. The van der Waals surface area contributed by atoms with E-state index in [0.29, 0.717) is 6.54 Å². The maximum Gasteiger partial charge on any atom is 0.246 e. The van der Waals surface area contributed by atoms with Crippen LogP contribution in [0, 0.1) is 0 Å². The number of ether oxygens (including phenoxy) is 1. The molecule has 2 aromatic rings. The molecule has 0 unspecified atom stereocenters. The first-order chi connectivity index (χ1) is 12.2. The van der Waals surface area contributed by atoms with Crippen LogP contribution in [0.25, 0.3) is 12.2 Å². The molecular weight excluding hydrogens is 310 g/mol. The van der Waals surface area contributed by atoms with E-state index in [2.05, 4.69) is 6.92 Å². The molecule has 3 heteroatoms. The van der Waals surface area contributed by atoms with Gasteiger partial charge < -0.3 is 9.64 Å². The van der Waals surface area contributed by atoms with E-state index in [1.165, 1.54) is 0 Å². The maximum atomic E-state index is 12.5. The van der Waals surface area contributed by atoms with E-state index >= 15 is 0 Å². The van der Waals surface area contributed by atoms with Gasteiger partial charge in [0.25, 0.3) is 0 Å². The fraction of sp³-hybridized carbons (Fsp3) is 0.227. The van der Waals surface area contributed by atoms with Gasteiger partial charge in [0.2, 0.25) is 5.91 Å². The van der Waals surface area contributed by atoms with E-state index in [1.807, 2.05) is 77.7 Å². The molecule has 0 saturated carbocycles. The highest BCUT2D eigenvalue weighted by Crippen LogP contribution is 2.12. The summed E-state index contributed by atoms with van der Waals surface area (Å²) >= 11 is 0. The van der Waals surface area contributed by atoms with Crippen molar-refractivity contribution in [3.63, 3.8) is 0 Å². The Morgan fingerprint density at radius 1 is 1.00 bits per heavy atom. The molecule has 0 heterocycles. The summed E-state index contributed by atoms with van der Waals surface area (Å²) in [4.78, 5) is 14.3. The predicted octanol–water partition coefficient (Wildman–Crippen LogP) is 4.66. The molecule has 0 saturated heterocycles. The smallest absolute Gasteiger partial charge is 0.246 e. The highest BCUT2D eigenvalue weighted by molar-refractivity contribution is 5.92. The molecule has 0 fully saturated rings. The topological polar surface area (TPSA) is 29.5 Å². The van der Waals surface area contributed by atoms with Crippen LogP contribution in [-0.4, -0.2) is 31.0 Å². The van der Waals surface area contributed by atoms with E-state index in [4.69, 9.17) is 4.74 Å². The molecule has 130 valence electrons. The number of carbonyl (C=O) groups excluding carboxylic acids is 1. The Hall–Kier alpha value is -2.81. The van der Waals surface area contributed by atoms with Crippen molar-refractivity contribution in [2.75, 3.05) is 20.2 Å². The molecule has 2 rings (SSSR count). The van der Waals surface area contributed by atoms with Gasteiger partial charge in [0.15, 0.2) is 0 Å². The van der Waals surface area contributed by atoms with E-state index in [1.54, 1.807) is 13.2 Å². The minimum atomic E-state index is 0.0235. The summed E-state index contributed by atoms with van der Waals surface area (Å²) in [7, 11) is 1.64. The molecule has 25 heavy (non-hydrogen) atoms. The Labute approximate surface area is 150 Å². The van der Waals surface area contributed by atoms with Crippen LogP contribution in [0.2, 0.25) is 0 Å². The van der Waals surface area contributed by atoms with Gasteiger partial charge in [0, 0.05) is 19.2 Å². The second kappa shape index (κ2) is 10.1. The Kier molecular flexibility index (Phi) is 7.51. The molecule has 0 aromatic heterocycles. The first-order valence-electron chi connectivity index (χ1n) is 8.55. The van der Waals surface area contributed by atoms with E-state index in [0.717, 1.165) is 29.8 Å². The first kappa shape index (κ1) is 18.5. The average molecular weight is 335 g/mol. The zero-order chi connectivity index (χ0) is 17.9. The third-order valence-electron chi connectivity index (χ3n) is 3.78. The molecule has 0 aliphatic heterocycles. The molecule has 0 radical (unpaired) electrons. The number of methoxy groups -OCH3 is 1. The van der Waals surface area contributed by atoms with Crippen molar-refractivity contribution in [2.24, 2.45) is 0 Å². The monoisotopic (exact) mass is 335 g/mol. The van der Waals surface area contributed by atoms with Gasteiger partial charge >= 0.3 is 0 Å². The Morgan fingerprint density at radius 2 is 1.68 bits per heavy atom. The van der Waals surface area contributed by atoms with Crippen LogP contribution in [0.15, 0.2) is 66.7 Å². The van der Waals surface area contributed by atoms with Crippen molar-refractivity contribution in [3.8, 4) is 5.75 Å². The Morgan fingerprint density at radius 3 is 2.32 bits per heavy atom. The number of rotatable bonds is 8. The minimum absolute atomic E-state index is 0.0235. The van der Waals surface area contributed by atoms with Crippen LogP contribution in [-0.2, 0) is 4.79 Å². The van der Waals surface area contributed by atoms with Gasteiger partial charge in [-0.2, -0.15) is 0 Å². The molecule has 0 N–H and O–H groups in total. The summed E-state index contributed by atoms with van der Waals surface area (Å²) in [5.74, 6) is 0.831. The van der Waals surface area contributed by atoms with Crippen molar-refractivity contribution in [1.82, 2.24) is 4.90 Å². The average Bonchev–Trinajstić information content (AvgIpc) is 2.66. The highest BCUT2D eigenvalue weighted by atomic mass is 16.5. The lowest BCUT2D eigenvalue weighted by atomic mass is 10.2. The summed E-state index contributed by atoms with van der Waals surface area (Å²) < 4.78 is 5.14. The van der Waals surface area contributed by atoms with Gasteiger partial charge in [-0.15, -0.1) is 0 Å². The first-order valence-corrected chi connectivity index (χ1v) is 8.55. The molecule has 0 spiro atoms. The second-order valence-electron chi connectivity index (χ2n) is 5.70.